The van der Waals surface area contributed by atoms with Crippen LogP contribution in [-0.2, 0) is 29.1 Å². The summed E-state index contributed by atoms with van der Waals surface area (Å²) < 4.78 is 46.6. The molecule has 0 radical (unpaired) electrons. The van der Waals surface area contributed by atoms with E-state index in [2.05, 4.69) is 4.72 Å². The number of carbonyl (C=O) groups is 3. The molecule has 2 amide bonds. The van der Waals surface area contributed by atoms with E-state index in [9.17, 15) is 27.2 Å². The molecule has 0 unspecified atom stereocenters. The molecule has 1 aromatic carbocycles. The largest absolute Gasteiger partial charge is 0.466 e. The van der Waals surface area contributed by atoms with Crippen LogP contribution in [0, 0.1) is 17.7 Å². The molecule has 1 aliphatic rings. The number of benzene rings is 1. The fourth-order valence-electron chi connectivity index (χ4n) is 3.61. The van der Waals surface area contributed by atoms with Gasteiger partial charge in [-0.3, -0.25) is 14.4 Å². The highest BCUT2D eigenvalue weighted by atomic mass is 32.2. The molecule has 0 aliphatic carbocycles. The highest BCUT2D eigenvalue weighted by Gasteiger charge is 2.33. The van der Waals surface area contributed by atoms with Crippen molar-refractivity contribution in [2.75, 3.05) is 33.3 Å². The molecule has 0 bridgehead atoms. The highest BCUT2D eigenvalue weighted by Crippen LogP contribution is 2.20. The third-order valence-electron chi connectivity index (χ3n) is 5.56. The summed E-state index contributed by atoms with van der Waals surface area (Å²) in [5.74, 6) is -2.77. The normalized spacial score (nSPS) is 15.9. The van der Waals surface area contributed by atoms with Crippen LogP contribution in [0.1, 0.15) is 33.6 Å². The number of rotatable bonds is 9. The van der Waals surface area contributed by atoms with Gasteiger partial charge in [-0.15, -0.1) is 0 Å². The first-order valence-corrected chi connectivity index (χ1v) is 12.4. The first kappa shape index (κ1) is 26.7. The minimum Gasteiger partial charge on any atom is -0.466 e. The van der Waals surface area contributed by atoms with Gasteiger partial charge in [0.1, 0.15) is 16.8 Å². The van der Waals surface area contributed by atoms with Gasteiger partial charge < -0.3 is 14.5 Å². The van der Waals surface area contributed by atoms with Crippen molar-refractivity contribution in [3.8, 4) is 0 Å². The number of piperidine rings is 1. The van der Waals surface area contributed by atoms with E-state index < -0.39 is 38.6 Å². The lowest BCUT2D eigenvalue weighted by atomic mass is 9.97. The van der Waals surface area contributed by atoms with Crippen LogP contribution in [0.25, 0.3) is 0 Å². The van der Waals surface area contributed by atoms with Gasteiger partial charge in [0.25, 0.3) is 0 Å². The van der Waals surface area contributed by atoms with Crippen LogP contribution in [0.15, 0.2) is 29.2 Å². The maximum atomic E-state index is 14.0. The first-order chi connectivity index (χ1) is 15.5. The van der Waals surface area contributed by atoms with Gasteiger partial charge in [0, 0.05) is 20.1 Å². The Hall–Kier alpha value is -2.53. The Kier molecular flexibility index (Phi) is 9.35. The number of carbonyl (C=O) groups excluding carboxylic acids is 3. The molecule has 2 rings (SSSR count). The van der Waals surface area contributed by atoms with Gasteiger partial charge in [-0.05, 0) is 37.8 Å². The number of nitrogens with one attached hydrogen (secondary N) is 1. The molecule has 1 saturated heterocycles. The summed E-state index contributed by atoms with van der Waals surface area (Å²) in [6.07, 6.45) is 0.971. The second kappa shape index (κ2) is 11.6. The van der Waals surface area contributed by atoms with Crippen molar-refractivity contribution in [2.24, 2.45) is 11.8 Å². The van der Waals surface area contributed by atoms with E-state index in [1.165, 1.54) is 19.2 Å². The molecule has 1 fully saturated rings. The van der Waals surface area contributed by atoms with Crippen LogP contribution < -0.4 is 4.72 Å². The topological polar surface area (TPSA) is 113 Å². The molecule has 0 spiro atoms. The Morgan fingerprint density at radius 2 is 1.82 bits per heavy atom. The average molecular weight is 486 g/mol. The van der Waals surface area contributed by atoms with Gasteiger partial charge in [0.15, 0.2) is 0 Å². The van der Waals surface area contributed by atoms with Crippen molar-refractivity contribution in [3.63, 3.8) is 0 Å². The minimum atomic E-state index is -4.29. The third-order valence-corrected chi connectivity index (χ3v) is 7.03. The fourth-order valence-corrected chi connectivity index (χ4v) is 5.02. The smallest absolute Gasteiger partial charge is 0.309 e. The summed E-state index contributed by atoms with van der Waals surface area (Å²) in [6.45, 7) is 5.86. The van der Waals surface area contributed by atoms with Crippen LogP contribution in [0.3, 0.4) is 0 Å². The number of likely N-dealkylation sites (N-methyl/N-ethyl adjacent to an activating group) is 1. The van der Waals surface area contributed by atoms with Gasteiger partial charge >= 0.3 is 5.97 Å². The second-order valence-electron chi connectivity index (χ2n) is 8.37. The predicted octanol–water partition coefficient (Wildman–Crippen LogP) is 1.39. The van der Waals surface area contributed by atoms with Crippen molar-refractivity contribution in [1.29, 1.82) is 0 Å². The van der Waals surface area contributed by atoms with Gasteiger partial charge in [0.05, 0.1) is 19.1 Å². The molecular weight excluding hydrogens is 453 g/mol. The van der Waals surface area contributed by atoms with E-state index >= 15 is 0 Å². The van der Waals surface area contributed by atoms with E-state index in [0.29, 0.717) is 32.5 Å². The average Bonchev–Trinajstić information content (AvgIpc) is 2.77. The molecule has 1 N–H and O–H groups in total. The summed E-state index contributed by atoms with van der Waals surface area (Å²) in [6, 6.07) is 3.72. The summed E-state index contributed by atoms with van der Waals surface area (Å²) in [4.78, 5) is 39.7. The minimum absolute atomic E-state index is 0.243. The quantitative estimate of drug-likeness (QED) is 0.529. The Morgan fingerprint density at radius 1 is 1.21 bits per heavy atom. The molecular formula is C22H32FN3O6S. The van der Waals surface area contributed by atoms with Crippen molar-refractivity contribution in [1.82, 2.24) is 14.5 Å². The second-order valence-corrected chi connectivity index (χ2v) is 10.1. The predicted molar refractivity (Wildman–Crippen MR) is 119 cm³/mol. The zero-order chi connectivity index (χ0) is 24.8. The zero-order valence-corrected chi connectivity index (χ0v) is 20.2. The zero-order valence-electron chi connectivity index (χ0n) is 19.4. The van der Waals surface area contributed by atoms with Crippen LogP contribution in [0.2, 0.25) is 0 Å². The van der Waals surface area contributed by atoms with Crippen LogP contribution in [0.5, 0.6) is 0 Å². The summed E-state index contributed by atoms with van der Waals surface area (Å²) in [5.41, 5.74) is 0. The lowest BCUT2D eigenvalue weighted by molar-refractivity contribution is -0.151. The Labute approximate surface area is 194 Å². The van der Waals surface area contributed by atoms with E-state index in [4.69, 9.17) is 4.74 Å². The monoisotopic (exact) mass is 485 g/mol. The number of hydrogen-bond donors (Lipinski definition) is 1. The Bertz CT molecular complexity index is 961. The van der Waals surface area contributed by atoms with Crippen molar-refractivity contribution < 1.29 is 31.9 Å². The number of hydrogen-bond acceptors (Lipinski definition) is 6. The lowest BCUT2D eigenvalue weighted by Gasteiger charge is -2.33. The standard InChI is InChI=1S/C22H32FN3O6S/c1-5-32-22(29)16-10-12-26(13-11-16)19(27)14-25(4)21(28)20(15(2)3)24-33(30,31)18-9-7-6-8-17(18)23/h6-9,15-16,20,24H,5,10-14H2,1-4H3/t20-/m0/s1. The number of ether oxygens (including phenoxy) is 1. The van der Waals surface area contributed by atoms with E-state index in [1.54, 1.807) is 25.7 Å². The Morgan fingerprint density at radius 3 is 2.36 bits per heavy atom. The number of esters is 1. The fraction of sp³-hybridized carbons (Fsp3) is 0.591. The number of halogens is 1. The molecule has 9 nitrogen and oxygen atoms in total. The molecule has 0 saturated carbocycles. The molecule has 1 aromatic rings. The maximum absolute atomic E-state index is 14.0. The summed E-state index contributed by atoms with van der Waals surface area (Å²) in [7, 11) is -2.88. The van der Waals surface area contributed by atoms with E-state index in [-0.39, 0.29) is 24.3 Å². The number of nitrogens with zero attached hydrogens (tertiary/aromatic N) is 2. The van der Waals surface area contributed by atoms with Gasteiger partial charge in [0.2, 0.25) is 21.8 Å². The van der Waals surface area contributed by atoms with Crippen LogP contribution in [-0.4, -0.2) is 75.3 Å². The van der Waals surface area contributed by atoms with Gasteiger partial charge in [-0.2, -0.15) is 4.72 Å². The molecule has 1 atom stereocenters. The first-order valence-electron chi connectivity index (χ1n) is 10.9. The molecule has 1 aliphatic heterocycles. The molecule has 184 valence electrons. The highest BCUT2D eigenvalue weighted by molar-refractivity contribution is 7.89. The lowest BCUT2D eigenvalue weighted by Crippen LogP contribution is -2.53. The maximum Gasteiger partial charge on any atom is 0.309 e. The third kappa shape index (κ3) is 6.97. The van der Waals surface area contributed by atoms with Gasteiger partial charge in [-0.1, -0.05) is 26.0 Å². The SMILES string of the molecule is CCOC(=O)C1CCN(C(=O)CN(C)C(=O)[C@@H](NS(=O)(=O)c2ccccc2F)C(C)C)CC1. The van der Waals surface area contributed by atoms with Crippen LogP contribution >= 0.6 is 0 Å². The number of likely N-dealkylation sites (tertiary alicyclic amines) is 1. The molecule has 0 aromatic heterocycles. The van der Waals surface area contributed by atoms with Crippen LogP contribution in [0.4, 0.5) is 4.39 Å². The van der Waals surface area contributed by atoms with Crippen molar-refractivity contribution in [2.45, 2.75) is 44.6 Å². The summed E-state index contributed by atoms with van der Waals surface area (Å²) >= 11 is 0. The molecule has 33 heavy (non-hydrogen) atoms. The van der Waals surface area contributed by atoms with Crippen molar-refractivity contribution in [3.05, 3.63) is 30.1 Å². The van der Waals surface area contributed by atoms with Gasteiger partial charge in [-0.25, -0.2) is 12.8 Å². The van der Waals surface area contributed by atoms with Crippen molar-refractivity contribution >= 4 is 27.8 Å². The number of sulfonamides is 1. The summed E-state index contributed by atoms with van der Waals surface area (Å²) in [5, 5.41) is 0. The molecule has 1 heterocycles. The van der Waals surface area contributed by atoms with E-state index in [0.717, 1.165) is 17.0 Å². The Balaban J connectivity index is 2.01. The number of amides is 2. The van der Waals surface area contributed by atoms with E-state index in [1.807, 2.05) is 0 Å². The molecule has 11 heteroatoms.